The van der Waals surface area contributed by atoms with E-state index >= 15 is 0 Å². The van der Waals surface area contributed by atoms with Crippen LogP contribution in [0.1, 0.15) is 12.8 Å². The molecule has 0 aliphatic carbocycles. The predicted octanol–water partition coefficient (Wildman–Crippen LogP) is 0.481. The minimum atomic E-state index is -0.144. The molecule has 2 aliphatic heterocycles. The number of nitrogens with one attached hydrogen (secondary N) is 1. The number of hydrogen-bond donors (Lipinski definition) is 1. The van der Waals surface area contributed by atoms with Gasteiger partial charge >= 0.3 is 0 Å². The highest BCUT2D eigenvalue weighted by molar-refractivity contribution is 5.66. The molecule has 0 radical (unpaired) electrons. The molecule has 1 aromatic heterocycles. The lowest BCUT2D eigenvalue weighted by molar-refractivity contribution is -0.112. The molecule has 2 atom stereocenters. The van der Waals surface area contributed by atoms with E-state index in [0.29, 0.717) is 6.04 Å². The third kappa shape index (κ3) is 2.48. The van der Waals surface area contributed by atoms with E-state index in [0.717, 1.165) is 38.2 Å². The van der Waals surface area contributed by atoms with Crippen molar-refractivity contribution in [2.45, 2.75) is 25.0 Å². The first-order valence-corrected chi connectivity index (χ1v) is 6.98. The average Bonchev–Trinajstić information content (AvgIpc) is 2.93. The van der Waals surface area contributed by atoms with Gasteiger partial charge in [-0.3, -0.25) is 14.7 Å². The smallest absolute Gasteiger partial charge is 0.157 e. The van der Waals surface area contributed by atoms with Crippen LogP contribution in [0.5, 0.6) is 0 Å². The summed E-state index contributed by atoms with van der Waals surface area (Å²) >= 11 is 0. The van der Waals surface area contributed by atoms with Crippen LogP contribution in [0.15, 0.2) is 24.5 Å². The van der Waals surface area contributed by atoms with Gasteiger partial charge in [0, 0.05) is 31.9 Å². The Bertz CT molecular complexity index is 419. The molecule has 2 unspecified atom stereocenters. The summed E-state index contributed by atoms with van der Waals surface area (Å²) in [5.41, 5.74) is 1.03. The third-order valence-electron chi connectivity index (χ3n) is 4.10. The number of hydrogen-bond acceptors (Lipinski definition) is 5. The Morgan fingerprint density at radius 1 is 1.42 bits per heavy atom. The highest BCUT2D eigenvalue weighted by Crippen LogP contribution is 2.25. The molecule has 0 spiro atoms. The molecule has 0 amide bonds. The number of aromatic nitrogens is 1. The number of carbonyl (C=O) groups excluding carboxylic acids is 1. The van der Waals surface area contributed by atoms with Crippen LogP contribution in [0, 0.1) is 0 Å². The summed E-state index contributed by atoms with van der Waals surface area (Å²) in [6.45, 7) is 3.93. The van der Waals surface area contributed by atoms with Crippen LogP contribution >= 0.6 is 0 Å². The number of piperidine rings is 1. The molecule has 3 heterocycles. The van der Waals surface area contributed by atoms with Gasteiger partial charge in [0.05, 0.1) is 11.9 Å². The van der Waals surface area contributed by atoms with E-state index in [9.17, 15) is 4.79 Å². The zero-order valence-electron chi connectivity index (χ0n) is 11.0. The van der Waals surface area contributed by atoms with Gasteiger partial charge in [-0.05, 0) is 31.5 Å². The number of carbonyl (C=O) groups is 1. The molecule has 102 valence electrons. The van der Waals surface area contributed by atoms with E-state index in [-0.39, 0.29) is 6.17 Å². The van der Waals surface area contributed by atoms with Crippen LogP contribution in [0.3, 0.4) is 0 Å². The van der Waals surface area contributed by atoms with E-state index in [2.05, 4.69) is 20.1 Å². The maximum atomic E-state index is 11.5. The van der Waals surface area contributed by atoms with E-state index in [1.54, 1.807) is 6.20 Å². The molecule has 5 heteroatoms. The summed E-state index contributed by atoms with van der Waals surface area (Å²) in [4.78, 5) is 20.1. The normalized spacial score (nSPS) is 28.5. The fraction of sp³-hybridized carbons (Fsp3) is 0.571. The van der Waals surface area contributed by atoms with Crippen LogP contribution in [-0.4, -0.2) is 54.6 Å². The maximum absolute atomic E-state index is 11.5. The average molecular weight is 260 g/mol. The van der Waals surface area contributed by atoms with E-state index in [4.69, 9.17) is 0 Å². The lowest BCUT2D eigenvalue weighted by Gasteiger charge is -2.35. The lowest BCUT2D eigenvalue weighted by Crippen LogP contribution is -2.51. The second-order valence-electron chi connectivity index (χ2n) is 5.19. The first-order chi connectivity index (χ1) is 9.40. The number of pyridine rings is 1. The largest absolute Gasteiger partial charge is 0.347 e. The van der Waals surface area contributed by atoms with Crippen molar-refractivity contribution < 1.29 is 4.79 Å². The molecule has 2 aliphatic rings. The standard InChI is InChI=1S/C14H20N4O/c19-11-14-17(12-3-1-5-15-9-12)7-8-18(14)13-4-2-6-16-10-13/h1,3,5,9,11,13-14,16H,2,4,6-8,10H2. The van der Waals surface area contributed by atoms with Gasteiger partial charge in [0.25, 0.3) is 0 Å². The molecular weight excluding hydrogens is 240 g/mol. The number of aldehydes is 1. The van der Waals surface area contributed by atoms with E-state index < -0.39 is 0 Å². The maximum Gasteiger partial charge on any atom is 0.157 e. The molecule has 2 saturated heterocycles. The Labute approximate surface area is 113 Å². The summed E-state index contributed by atoms with van der Waals surface area (Å²) < 4.78 is 0. The summed E-state index contributed by atoms with van der Waals surface area (Å²) in [7, 11) is 0. The Morgan fingerprint density at radius 3 is 3.05 bits per heavy atom. The number of nitrogens with zero attached hydrogens (tertiary/aromatic N) is 3. The molecular formula is C14H20N4O. The zero-order valence-corrected chi connectivity index (χ0v) is 11.0. The van der Waals surface area contributed by atoms with Crippen molar-refractivity contribution in [2.75, 3.05) is 31.1 Å². The Morgan fingerprint density at radius 2 is 2.37 bits per heavy atom. The summed E-state index contributed by atoms with van der Waals surface area (Å²) in [5.74, 6) is 0. The van der Waals surface area contributed by atoms with Gasteiger partial charge in [-0.15, -0.1) is 0 Å². The first-order valence-electron chi connectivity index (χ1n) is 6.98. The van der Waals surface area contributed by atoms with Crippen molar-refractivity contribution in [3.05, 3.63) is 24.5 Å². The van der Waals surface area contributed by atoms with Crippen molar-refractivity contribution >= 4 is 12.0 Å². The molecule has 2 fully saturated rings. The minimum absolute atomic E-state index is 0.144. The second-order valence-corrected chi connectivity index (χ2v) is 5.19. The van der Waals surface area contributed by atoms with Crippen molar-refractivity contribution in [1.82, 2.24) is 15.2 Å². The van der Waals surface area contributed by atoms with Crippen molar-refractivity contribution in [3.63, 3.8) is 0 Å². The van der Waals surface area contributed by atoms with Crippen molar-refractivity contribution in [2.24, 2.45) is 0 Å². The van der Waals surface area contributed by atoms with Crippen LogP contribution in [-0.2, 0) is 4.79 Å². The van der Waals surface area contributed by atoms with Crippen molar-refractivity contribution in [1.29, 1.82) is 0 Å². The molecule has 0 aromatic carbocycles. The number of rotatable bonds is 3. The highest BCUT2D eigenvalue weighted by atomic mass is 16.1. The highest BCUT2D eigenvalue weighted by Gasteiger charge is 2.36. The van der Waals surface area contributed by atoms with Gasteiger partial charge in [0.15, 0.2) is 6.29 Å². The molecule has 3 rings (SSSR count). The number of anilines is 1. The van der Waals surface area contributed by atoms with Gasteiger partial charge in [-0.25, -0.2) is 0 Å². The molecule has 19 heavy (non-hydrogen) atoms. The Balaban J connectivity index is 1.76. The second kappa shape index (κ2) is 5.67. The summed E-state index contributed by atoms with van der Waals surface area (Å²) in [6.07, 6.45) is 6.89. The summed E-state index contributed by atoms with van der Waals surface area (Å²) in [6, 6.07) is 4.42. The van der Waals surface area contributed by atoms with Crippen LogP contribution in [0.4, 0.5) is 5.69 Å². The van der Waals surface area contributed by atoms with Gasteiger partial charge < -0.3 is 10.2 Å². The Hall–Kier alpha value is -1.46. The first kappa shape index (κ1) is 12.6. The molecule has 5 nitrogen and oxygen atoms in total. The zero-order chi connectivity index (χ0) is 13.1. The SMILES string of the molecule is O=CC1N(c2cccnc2)CCN1C1CCCNC1. The van der Waals surface area contributed by atoms with Crippen molar-refractivity contribution in [3.8, 4) is 0 Å². The fourth-order valence-electron chi connectivity index (χ4n) is 3.14. The molecule has 1 aromatic rings. The van der Waals surface area contributed by atoms with Gasteiger partial charge in [-0.1, -0.05) is 0 Å². The minimum Gasteiger partial charge on any atom is -0.347 e. The predicted molar refractivity (Wildman–Crippen MR) is 74.0 cm³/mol. The van der Waals surface area contributed by atoms with Crippen LogP contribution < -0.4 is 10.2 Å². The topological polar surface area (TPSA) is 48.5 Å². The molecule has 0 saturated carbocycles. The molecule has 1 N–H and O–H groups in total. The lowest BCUT2D eigenvalue weighted by atomic mass is 10.1. The van der Waals surface area contributed by atoms with Gasteiger partial charge in [0.2, 0.25) is 0 Å². The Kier molecular flexibility index (Phi) is 3.75. The van der Waals surface area contributed by atoms with Crippen LogP contribution in [0.25, 0.3) is 0 Å². The van der Waals surface area contributed by atoms with E-state index in [1.165, 1.54) is 12.8 Å². The van der Waals surface area contributed by atoms with Gasteiger partial charge in [-0.2, -0.15) is 0 Å². The van der Waals surface area contributed by atoms with E-state index in [1.807, 2.05) is 18.3 Å². The van der Waals surface area contributed by atoms with Gasteiger partial charge in [0.1, 0.15) is 6.17 Å². The monoisotopic (exact) mass is 260 g/mol. The fourth-order valence-corrected chi connectivity index (χ4v) is 3.14. The van der Waals surface area contributed by atoms with Crippen LogP contribution in [0.2, 0.25) is 0 Å². The quantitative estimate of drug-likeness (QED) is 0.801. The molecule has 0 bridgehead atoms. The summed E-state index contributed by atoms with van der Waals surface area (Å²) in [5, 5.41) is 3.42. The third-order valence-corrected chi connectivity index (χ3v) is 4.10.